The highest BCUT2D eigenvalue weighted by Gasteiger charge is 2.42. The van der Waals surface area contributed by atoms with Crippen molar-refractivity contribution in [2.45, 2.75) is 71.3 Å². The Hall–Kier alpha value is -0.570. The van der Waals surface area contributed by atoms with Gasteiger partial charge in [0.1, 0.15) is 0 Å². The number of esters is 1. The van der Waals surface area contributed by atoms with Gasteiger partial charge in [0.2, 0.25) is 0 Å². The van der Waals surface area contributed by atoms with E-state index in [2.05, 4.69) is 6.92 Å². The van der Waals surface area contributed by atoms with E-state index in [1.807, 2.05) is 13.8 Å². The average molecular weight is 256 g/mol. The van der Waals surface area contributed by atoms with E-state index >= 15 is 0 Å². The van der Waals surface area contributed by atoms with Crippen LogP contribution in [0.2, 0.25) is 0 Å². The van der Waals surface area contributed by atoms with Gasteiger partial charge >= 0.3 is 5.97 Å². The highest BCUT2D eigenvalue weighted by molar-refractivity contribution is 5.73. The van der Waals surface area contributed by atoms with E-state index in [0.717, 1.165) is 25.7 Å². The number of carbonyl (C=O) groups excluding carboxylic acids is 1. The lowest BCUT2D eigenvalue weighted by Gasteiger charge is -2.33. The van der Waals surface area contributed by atoms with Gasteiger partial charge in [-0.25, -0.2) is 0 Å². The number of carbonyl (C=O) groups is 1. The van der Waals surface area contributed by atoms with E-state index in [1.54, 1.807) is 0 Å². The number of hydrogen-bond donors (Lipinski definition) is 1. The van der Waals surface area contributed by atoms with E-state index in [4.69, 9.17) is 4.74 Å². The number of aliphatic hydroxyl groups is 1. The Morgan fingerprint density at radius 3 is 2.61 bits per heavy atom. The molecule has 3 nitrogen and oxygen atoms in total. The Balaban J connectivity index is 2.73. The molecular formula is C15H28O3. The monoisotopic (exact) mass is 256 g/mol. The quantitative estimate of drug-likeness (QED) is 0.606. The lowest BCUT2D eigenvalue weighted by molar-refractivity contribution is -0.160. The smallest absolute Gasteiger partial charge is 0.311 e. The lowest BCUT2D eigenvalue weighted by Crippen LogP contribution is -2.42. The van der Waals surface area contributed by atoms with Crippen molar-refractivity contribution in [3.63, 3.8) is 0 Å². The van der Waals surface area contributed by atoms with Crippen LogP contribution in [0.15, 0.2) is 0 Å². The molecule has 0 saturated heterocycles. The maximum atomic E-state index is 12.0. The van der Waals surface area contributed by atoms with Crippen molar-refractivity contribution in [3.05, 3.63) is 0 Å². The third-order valence-electron chi connectivity index (χ3n) is 4.41. The van der Waals surface area contributed by atoms with Gasteiger partial charge in [0.15, 0.2) is 0 Å². The molecule has 3 unspecified atom stereocenters. The molecule has 106 valence electrons. The predicted octanol–water partition coefficient (Wildman–Crippen LogP) is 3.30. The molecule has 0 heterocycles. The molecule has 18 heavy (non-hydrogen) atoms. The van der Waals surface area contributed by atoms with Crippen LogP contribution >= 0.6 is 0 Å². The van der Waals surface area contributed by atoms with Crippen LogP contribution in [0.3, 0.4) is 0 Å². The summed E-state index contributed by atoms with van der Waals surface area (Å²) in [5.74, 6) is 0.129. The Morgan fingerprint density at radius 1 is 1.33 bits per heavy atom. The Kier molecular flexibility index (Phi) is 6.13. The number of rotatable bonds is 5. The molecule has 1 aliphatic carbocycles. The van der Waals surface area contributed by atoms with Crippen molar-refractivity contribution in [3.8, 4) is 0 Å². The minimum atomic E-state index is -0.842. The van der Waals surface area contributed by atoms with E-state index in [1.165, 1.54) is 12.8 Å². The Bertz CT molecular complexity index is 264. The second-order valence-corrected chi connectivity index (χ2v) is 5.52. The fourth-order valence-corrected chi connectivity index (χ4v) is 3.19. The van der Waals surface area contributed by atoms with Crippen molar-refractivity contribution in [2.24, 2.45) is 11.8 Å². The zero-order valence-electron chi connectivity index (χ0n) is 12.1. The first-order valence-electron chi connectivity index (χ1n) is 7.46. The molecule has 1 N–H and O–H groups in total. The van der Waals surface area contributed by atoms with E-state index in [9.17, 15) is 9.90 Å². The SMILES string of the molecule is CCOC(=O)C(CC)C1(O)CCCC(CC)CC1. The molecule has 0 aromatic carbocycles. The third kappa shape index (κ3) is 3.71. The third-order valence-corrected chi connectivity index (χ3v) is 4.41. The standard InChI is InChI=1S/C15H28O3/c1-4-12-8-7-10-15(17,11-9-12)13(5-2)14(16)18-6-3/h12-13,17H,4-11H2,1-3H3. The molecule has 3 atom stereocenters. The van der Waals surface area contributed by atoms with Gasteiger partial charge in [-0.2, -0.15) is 0 Å². The summed E-state index contributed by atoms with van der Waals surface area (Å²) in [4.78, 5) is 12.0. The van der Waals surface area contributed by atoms with Crippen LogP contribution in [-0.2, 0) is 9.53 Å². The van der Waals surface area contributed by atoms with Crippen LogP contribution in [-0.4, -0.2) is 23.3 Å². The molecule has 0 spiro atoms. The summed E-state index contributed by atoms with van der Waals surface area (Å²) >= 11 is 0. The van der Waals surface area contributed by atoms with Gasteiger partial charge in [0, 0.05) is 0 Å². The van der Waals surface area contributed by atoms with Gasteiger partial charge in [-0.3, -0.25) is 4.79 Å². The second kappa shape index (κ2) is 7.13. The number of hydrogen-bond acceptors (Lipinski definition) is 3. The van der Waals surface area contributed by atoms with Gasteiger partial charge in [0.05, 0.1) is 18.1 Å². The largest absolute Gasteiger partial charge is 0.466 e. The molecule has 0 aliphatic heterocycles. The van der Waals surface area contributed by atoms with E-state index in [-0.39, 0.29) is 11.9 Å². The molecule has 1 saturated carbocycles. The van der Waals surface area contributed by atoms with Crippen molar-refractivity contribution in [1.29, 1.82) is 0 Å². The van der Waals surface area contributed by atoms with Crippen LogP contribution in [0, 0.1) is 11.8 Å². The molecule has 0 radical (unpaired) electrons. The summed E-state index contributed by atoms with van der Waals surface area (Å²) in [5.41, 5.74) is -0.842. The van der Waals surface area contributed by atoms with Gasteiger partial charge < -0.3 is 9.84 Å². The molecule has 0 bridgehead atoms. The summed E-state index contributed by atoms with van der Waals surface area (Å²) in [6, 6.07) is 0. The summed E-state index contributed by atoms with van der Waals surface area (Å²) in [6.45, 7) is 6.37. The van der Waals surface area contributed by atoms with Crippen LogP contribution in [0.1, 0.15) is 65.7 Å². The summed E-state index contributed by atoms with van der Waals surface area (Å²) in [7, 11) is 0. The molecule has 0 amide bonds. The second-order valence-electron chi connectivity index (χ2n) is 5.52. The maximum Gasteiger partial charge on any atom is 0.311 e. The first-order valence-corrected chi connectivity index (χ1v) is 7.46. The van der Waals surface area contributed by atoms with Crippen molar-refractivity contribution in [2.75, 3.05) is 6.61 Å². The topological polar surface area (TPSA) is 46.5 Å². The number of ether oxygens (including phenoxy) is 1. The normalized spacial score (nSPS) is 30.6. The van der Waals surface area contributed by atoms with Gasteiger partial charge in [-0.1, -0.05) is 33.1 Å². The molecule has 1 aliphatic rings. The van der Waals surface area contributed by atoms with Crippen molar-refractivity contribution in [1.82, 2.24) is 0 Å². The minimum absolute atomic E-state index is 0.225. The van der Waals surface area contributed by atoms with Gasteiger partial charge in [-0.05, 0) is 38.5 Å². The molecule has 1 rings (SSSR count). The molecule has 0 aromatic rings. The summed E-state index contributed by atoms with van der Waals surface area (Å²) < 4.78 is 5.11. The van der Waals surface area contributed by atoms with Crippen molar-refractivity contribution < 1.29 is 14.6 Å². The predicted molar refractivity (Wildman–Crippen MR) is 72.2 cm³/mol. The molecule has 1 fully saturated rings. The van der Waals surface area contributed by atoms with Crippen LogP contribution in [0.4, 0.5) is 0 Å². The summed E-state index contributed by atoms with van der Waals surface area (Å²) in [5, 5.41) is 10.8. The highest BCUT2D eigenvalue weighted by Crippen LogP contribution is 2.38. The van der Waals surface area contributed by atoms with Gasteiger partial charge in [-0.15, -0.1) is 0 Å². The summed E-state index contributed by atoms with van der Waals surface area (Å²) in [6.07, 6.45) is 6.54. The van der Waals surface area contributed by atoms with E-state index < -0.39 is 5.60 Å². The molecular weight excluding hydrogens is 228 g/mol. The van der Waals surface area contributed by atoms with Crippen LogP contribution in [0.25, 0.3) is 0 Å². The zero-order valence-corrected chi connectivity index (χ0v) is 12.1. The van der Waals surface area contributed by atoms with Crippen LogP contribution < -0.4 is 0 Å². The minimum Gasteiger partial charge on any atom is -0.466 e. The first kappa shape index (κ1) is 15.5. The molecule has 3 heteroatoms. The van der Waals surface area contributed by atoms with E-state index in [0.29, 0.717) is 18.9 Å². The first-order chi connectivity index (χ1) is 8.57. The average Bonchev–Trinajstić information content (AvgIpc) is 2.53. The fraction of sp³-hybridized carbons (Fsp3) is 0.933. The Morgan fingerprint density at radius 2 is 2.06 bits per heavy atom. The van der Waals surface area contributed by atoms with Gasteiger partial charge in [0.25, 0.3) is 0 Å². The molecule has 0 aromatic heterocycles. The maximum absolute atomic E-state index is 12.0. The Labute approximate surface area is 111 Å². The highest BCUT2D eigenvalue weighted by atomic mass is 16.5. The lowest BCUT2D eigenvalue weighted by atomic mass is 9.79. The fourth-order valence-electron chi connectivity index (χ4n) is 3.19. The van der Waals surface area contributed by atoms with Crippen molar-refractivity contribution >= 4 is 5.97 Å². The van der Waals surface area contributed by atoms with Crippen LogP contribution in [0.5, 0.6) is 0 Å². The zero-order chi connectivity index (χ0) is 13.6.